The molecule has 3 aromatic rings. The first kappa shape index (κ1) is 9.84. The predicted molar refractivity (Wildman–Crippen MR) is 65.4 cm³/mol. The Labute approximate surface area is 99.2 Å². The molecular formula is C13H12N4. The highest BCUT2D eigenvalue weighted by Gasteiger charge is 2.01. The molecule has 0 amide bonds. The van der Waals surface area contributed by atoms with E-state index in [0.717, 1.165) is 11.4 Å². The first-order valence-electron chi connectivity index (χ1n) is 5.41. The molecule has 0 aliphatic heterocycles. The van der Waals surface area contributed by atoms with Gasteiger partial charge in [-0.05, 0) is 30.7 Å². The maximum Gasteiger partial charge on any atom is 0.0991 e. The summed E-state index contributed by atoms with van der Waals surface area (Å²) >= 11 is 0. The van der Waals surface area contributed by atoms with Gasteiger partial charge in [-0.2, -0.15) is 0 Å². The Morgan fingerprint density at radius 1 is 0.824 bits per heavy atom. The number of benzene rings is 1. The molecule has 1 aromatic carbocycles. The molecule has 0 atom stereocenters. The lowest BCUT2D eigenvalue weighted by atomic mass is 10.2. The van der Waals surface area contributed by atoms with Crippen molar-refractivity contribution >= 4 is 0 Å². The fourth-order valence-corrected chi connectivity index (χ4v) is 1.86. The lowest BCUT2D eigenvalue weighted by molar-refractivity contribution is 1.02. The second-order valence-electron chi connectivity index (χ2n) is 3.97. The minimum atomic E-state index is 1.10. The fraction of sp³-hybridized carbons (Fsp3) is 0.0769. The quantitative estimate of drug-likeness (QED) is 0.670. The Hall–Kier alpha value is -2.36. The third kappa shape index (κ3) is 1.85. The molecular weight excluding hydrogens is 212 g/mol. The number of aromatic nitrogens is 4. The summed E-state index contributed by atoms with van der Waals surface area (Å²) < 4.78 is 3.99. The number of rotatable bonds is 2. The van der Waals surface area contributed by atoms with Gasteiger partial charge in [-0.3, -0.25) is 0 Å². The van der Waals surface area contributed by atoms with E-state index in [1.165, 1.54) is 5.56 Å². The summed E-state index contributed by atoms with van der Waals surface area (Å²) in [7, 11) is 0. The summed E-state index contributed by atoms with van der Waals surface area (Å²) in [5, 5.41) is 0. The average molecular weight is 224 g/mol. The number of hydrogen-bond acceptors (Lipinski definition) is 2. The third-order valence-electron chi connectivity index (χ3n) is 2.65. The van der Waals surface area contributed by atoms with Crippen molar-refractivity contribution in [2.75, 3.05) is 0 Å². The van der Waals surface area contributed by atoms with Crippen LogP contribution in [-0.2, 0) is 0 Å². The summed E-state index contributed by atoms with van der Waals surface area (Å²) in [6.07, 6.45) is 11.0. The number of nitrogens with zero attached hydrogens (tertiary/aromatic N) is 4. The van der Waals surface area contributed by atoms with Crippen molar-refractivity contribution < 1.29 is 0 Å². The van der Waals surface area contributed by atoms with Gasteiger partial charge in [0.1, 0.15) is 0 Å². The molecule has 3 rings (SSSR count). The van der Waals surface area contributed by atoms with Gasteiger partial charge < -0.3 is 9.13 Å². The van der Waals surface area contributed by atoms with Gasteiger partial charge in [0.05, 0.1) is 12.7 Å². The lowest BCUT2D eigenvalue weighted by Gasteiger charge is -2.08. The van der Waals surface area contributed by atoms with Gasteiger partial charge in [-0.25, -0.2) is 9.97 Å². The van der Waals surface area contributed by atoms with Crippen molar-refractivity contribution in [3.8, 4) is 11.4 Å². The molecule has 0 fully saturated rings. The average Bonchev–Trinajstić information content (AvgIpc) is 3.02. The zero-order valence-electron chi connectivity index (χ0n) is 9.49. The molecule has 4 nitrogen and oxygen atoms in total. The van der Waals surface area contributed by atoms with E-state index >= 15 is 0 Å². The Morgan fingerprint density at radius 3 is 1.76 bits per heavy atom. The SMILES string of the molecule is Cc1cc(-n2ccnc2)cc(-n2ccnc2)c1. The van der Waals surface area contributed by atoms with Crippen LogP contribution in [0.1, 0.15) is 5.56 Å². The summed E-state index contributed by atoms with van der Waals surface area (Å²) in [5.41, 5.74) is 3.41. The Morgan fingerprint density at radius 2 is 1.35 bits per heavy atom. The predicted octanol–water partition coefficient (Wildman–Crippen LogP) is 2.37. The van der Waals surface area contributed by atoms with Crippen LogP contribution in [0, 0.1) is 6.92 Å². The zero-order valence-corrected chi connectivity index (χ0v) is 9.49. The van der Waals surface area contributed by atoms with Crippen molar-refractivity contribution in [1.29, 1.82) is 0 Å². The van der Waals surface area contributed by atoms with Gasteiger partial charge in [0.25, 0.3) is 0 Å². The minimum absolute atomic E-state index is 1.10. The third-order valence-corrected chi connectivity index (χ3v) is 2.65. The van der Waals surface area contributed by atoms with Crippen LogP contribution in [-0.4, -0.2) is 19.1 Å². The van der Waals surface area contributed by atoms with Gasteiger partial charge in [-0.1, -0.05) is 0 Å². The van der Waals surface area contributed by atoms with E-state index in [4.69, 9.17) is 0 Å². The Bertz CT molecular complexity index is 556. The van der Waals surface area contributed by atoms with Crippen LogP contribution in [0.2, 0.25) is 0 Å². The monoisotopic (exact) mass is 224 g/mol. The summed E-state index contributed by atoms with van der Waals surface area (Å²) in [4.78, 5) is 8.13. The maximum atomic E-state index is 4.06. The van der Waals surface area contributed by atoms with E-state index in [9.17, 15) is 0 Å². The highest BCUT2D eigenvalue weighted by atomic mass is 15.0. The van der Waals surface area contributed by atoms with E-state index < -0.39 is 0 Å². The van der Waals surface area contributed by atoms with Crippen LogP contribution in [0.15, 0.2) is 55.6 Å². The molecule has 0 N–H and O–H groups in total. The van der Waals surface area contributed by atoms with E-state index in [0.29, 0.717) is 0 Å². The maximum absolute atomic E-state index is 4.06. The van der Waals surface area contributed by atoms with Gasteiger partial charge in [0.2, 0.25) is 0 Å². The molecule has 0 saturated carbocycles. The molecule has 2 heterocycles. The highest BCUT2D eigenvalue weighted by Crippen LogP contribution is 2.16. The van der Waals surface area contributed by atoms with Crippen molar-refractivity contribution in [3.05, 3.63) is 61.2 Å². The zero-order chi connectivity index (χ0) is 11.7. The summed E-state index contributed by atoms with van der Waals surface area (Å²) in [6.45, 7) is 2.08. The second-order valence-corrected chi connectivity index (χ2v) is 3.97. The van der Waals surface area contributed by atoms with Crippen LogP contribution >= 0.6 is 0 Å². The molecule has 0 spiro atoms. The molecule has 0 radical (unpaired) electrons. The minimum Gasteiger partial charge on any atom is -0.306 e. The van der Waals surface area contributed by atoms with E-state index in [1.54, 1.807) is 25.0 Å². The number of imidazole rings is 2. The first-order chi connectivity index (χ1) is 8.33. The smallest absolute Gasteiger partial charge is 0.0991 e. The molecule has 0 aliphatic rings. The van der Waals surface area contributed by atoms with E-state index in [-0.39, 0.29) is 0 Å². The van der Waals surface area contributed by atoms with Crippen molar-refractivity contribution in [2.24, 2.45) is 0 Å². The van der Waals surface area contributed by atoms with Crippen LogP contribution in [0.3, 0.4) is 0 Å². The molecule has 4 heteroatoms. The molecule has 0 aliphatic carbocycles. The van der Waals surface area contributed by atoms with Crippen LogP contribution < -0.4 is 0 Å². The second kappa shape index (κ2) is 3.90. The lowest BCUT2D eigenvalue weighted by Crippen LogP contribution is -1.96. The molecule has 0 bridgehead atoms. The Kier molecular flexibility index (Phi) is 2.26. The van der Waals surface area contributed by atoms with Crippen molar-refractivity contribution in [1.82, 2.24) is 19.1 Å². The van der Waals surface area contributed by atoms with E-state index in [1.807, 2.05) is 21.5 Å². The van der Waals surface area contributed by atoms with Gasteiger partial charge >= 0.3 is 0 Å². The van der Waals surface area contributed by atoms with Gasteiger partial charge in [0.15, 0.2) is 0 Å². The molecule has 0 unspecified atom stereocenters. The van der Waals surface area contributed by atoms with Crippen molar-refractivity contribution in [3.63, 3.8) is 0 Å². The standard InChI is InChI=1S/C13H12N4/c1-11-6-12(16-4-2-14-9-16)8-13(7-11)17-5-3-15-10-17/h2-10H,1H3. The van der Waals surface area contributed by atoms with Gasteiger partial charge in [0, 0.05) is 36.2 Å². The molecule has 2 aromatic heterocycles. The molecule has 0 saturated heterocycles. The van der Waals surface area contributed by atoms with E-state index in [2.05, 4.69) is 35.1 Å². The summed E-state index contributed by atoms with van der Waals surface area (Å²) in [5.74, 6) is 0. The molecule has 84 valence electrons. The Balaban J connectivity index is 2.13. The van der Waals surface area contributed by atoms with Crippen LogP contribution in [0.4, 0.5) is 0 Å². The fourth-order valence-electron chi connectivity index (χ4n) is 1.86. The first-order valence-corrected chi connectivity index (χ1v) is 5.41. The number of aryl methyl sites for hydroxylation is 1. The summed E-state index contributed by atoms with van der Waals surface area (Å²) in [6, 6.07) is 6.36. The van der Waals surface area contributed by atoms with Crippen LogP contribution in [0.25, 0.3) is 11.4 Å². The largest absolute Gasteiger partial charge is 0.306 e. The van der Waals surface area contributed by atoms with Crippen molar-refractivity contribution in [2.45, 2.75) is 6.92 Å². The number of hydrogen-bond donors (Lipinski definition) is 0. The molecule has 17 heavy (non-hydrogen) atoms. The van der Waals surface area contributed by atoms with Gasteiger partial charge in [-0.15, -0.1) is 0 Å². The highest BCUT2D eigenvalue weighted by molar-refractivity contribution is 5.47. The normalized spacial score (nSPS) is 10.6. The van der Waals surface area contributed by atoms with Crippen LogP contribution in [0.5, 0.6) is 0 Å². The topological polar surface area (TPSA) is 35.6 Å².